The Kier molecular flexibility index (Phi) is 8.36. The van der Waals surface area contributed by atoms with E-state index in [1.807, 2.05) is 6.07 Å². The minimum absolute atomic E-state index is 0.659. The minimum Gasteiger partial charge on any atom is -0.214 e. The molecule has 0 fully saturated rings. The monoisotopic (exact) mass is 252 g/mol. The Bertz CT molecular complexity index is 209. The summed E-state index contributed by atoms with van der Waals surface area (Å²) in [5.74, 6) is 0.659. The maximum atomic E-state index is 4.94. The predicted molar refractivity (Wildman–Crippen MR) is 63.8 cm³/mol. The average Bonchev–Trinajstić information content (AvgIpc) is 2.05. The van der Waals surface area contributed by atoms with Crippen molar-refractivity contribution in [2.75, 3.05) is 0 Å². The molecule has 0 aliphatic carbocycles. The molecule has 1 aromatic rings. The molecule has 0 N–H and O–H groups in total. The van der Waals surface area contributed by atoms with Gasteiger partial charge in [-0.25, -0.2) is 30.1 Å². The zero-order valence-corrected chi connectivity index (χ0v) is 11.1. The molecule has 0 nitrogen and oxygen atoms in total. The van der Waals surface area contributed by atoms with E-state index in [2.05, 4.69) is 38.1 Å². The van der Waals surface area contributed by atoms with Crippen LogP contribution >= 0.6 is 30.1 Å². The topological polar surface area (TPSA) is 0 Å². The van der Waals surface area contributed by atoms with Gasteiger partial charge in [-0.1, -0.05) is 44.2 Å². The molecular weight excluding hydrogens is 241 g/mol. The second-order valence-electron chi connectivity index (χ2n) is 2.81. The highest BCUT2D eigenvalue weighted by molar-refractivity contribution is 7.54. The molecule has 0 heterocycles. The van der Waals surface area contributed by atoms with Gasteiger partial charge in [0, 0.05) is 0 Å². The van der Waals surface area contributed by atoms with E-state index in [1.165, 1.54) is 5.56 Å². The van der Waals surface area contributed by atoms with E-state index in [0.717, 1.165) is 0 Å². The van der Waals surface area contributed by atoms with Crippen LogP contribution in [0, 0.1) is 0 Å². The number of rotatable bonds is 1. The van der Waals surface area contributed by atoms with E-state index in [-0.39, 0.29) is 0 Å². The van der Waals surface area contributed by atoms with E-state index in [4.69, 9.17) is 30.1 Å². The van der Waals surface area contributed by atoms with E-state index < -0.39 is 11.4 Å². The molecule has 0 atom stereocenters. The molecule has 0 aliphatic rings. The lowest BCUT2D eigenvalue weighted by Gasteiger charge is -2.01. The first-order valence-electron chi connectivity index (χ1n) is 4.01. The lowest BCUT2D eigenvalue weighted by molar-refractivity contribution is 0.867. The van der Waals surface area contributed by atoms with Crippen LogP contribution in [0.25, 0.3) is 0 Å². The predicted octanol–water partition coefficient (Wildman–Crippen LogP) is 4.50. The third-order valence-corrected chi connectivity index (χ3v) is 1.47. The van der Waals surface area contributed by atoms with Crippen LogP contribution in [0.2, 0.25) is 0 Å². The largest absolute Gasteiger partial charge is 0.643 e. The summed E-state index contributed by atoms with van der Waals surface area (Å²) in [4.78, 5) is 0. The molecule has 13 heavy (non-hydrogen) atoms. The standard InChI is InChI=1S/C9H12.Al.3ClH/c1-8(2)9-6-4-3-5-7-9;;;;/h3-8H,1-2H3;;3*1H/q;+3;;;/p-3. The average molecular weight is 254 g/mol. The molecule has 0 radical (unpaired) electrons. The zero-order chi connectivity index (χ0) is 10.3. The van der Waals surface area contributed by atoms with Crippen LogP contribution in [0.3, 0.4) is 0 Å². The van der Waals surface area contributed by atoms with Crippen LogP contribution in [0.5, 0.6) is 0 Å². The fraction of sp³-hybridized carbons (Fsp3) is 0.333. The second-order valence-corrected chi connectivity index (χ2v) is 9.25. The maximum absolute atomic E-state index is 4.94. The number of halogens is 3. The third kappa shape index (κ3) is 8.94. The van der Waals surface area contributed by atoms with Crippen molar-refractivity contribution in [1.82, 2.24) is 0 Å². The van der Waals surface area contributed by atoms with Gasteiger partial charge in [0.15, 0.2) is 0 Å². The SMILES string of the molecule is CC(C)c1ccccc1.[Cl][Al]([Cl])[Cl]. The van der Waals surface area contributed by atoms with Crippen LogP contribution < -0.4 is 0 Å². The molecule has 0 bridgehead atoms. The minimum atomic E-state index is -1.72. The Labute approximate surface area is 96.8 Å². The van der Waals surface area contributed by atoms with Crippen molar-refractivity contribution in [3.63, 3.8) is 0 Å². The molecule has 0 saturated carbocycles. The third-order valence-electron chi connectivity index (χ3n) is 1.47. The molecule has 0 amide bonds. The highest BCUT2D eigenvalue weighted by Gasteiger charge is 2.00. The van der Waals surface area contributed by atoms with Gasteiger partial charge < -0.3 is 0 Å². The highest BCUT2D eigenvalue weighted by Crippen LogP contribution is 2.11. The summed E-state index contributed by atoms with van der Waals surface area (Å²) >= 11 is -1.72. The van der Waals surface area contributed by atoms with Gasteiger partial charge in [-0.2, -0.15) is 0 Å². The molecule has 72 valence electrons. The molecule has 4 heteroatoms. The summed E-state index contributed by atoms with van der Waals surface area (Å²) < 4.78 is 0. The summed E-state index contributed by atoms with van der Waals surface area (Å²) in [6.07, 6.45) is 0. The number of hydrogen-bond donors (Lipinski definition) is 0. The Balaban J connectivity index is 0.000000310. The van der Waals surface area contributed by atoms with Gasteiger partial charge in [-0.15, -0.1) is 0 Å². The van der Waals surface area contributed by atoms with Gasteiger partial charge in [0.25, 0.3) is 0 Å². The van der Waals surface area contributed by atoms with E-state index in [1.54, 1.807) is 0 Å². The van der Waals surface area contributed by atoms with Crippen molar-refractivity contribution < 1.29 is 0 Å². The lowest BCUT2D eigenvalue weighted by atomic mass is 10.0. The summed E-state index contributed by atoms with van der Waals surface area (Å²) in [6.45, 7) is 4.41. The first-order valence-corrected chi connectivity index (χ1v) is 9.25. The van der Waals surface area contributed by atoms with Crippen molar-refractivity contribution in [2.45, 2.75) is 19.8 Å². The van der Waals surface area contributed by atoms with Gasteiger partial charge in [0.1, 0.15) is 0 Å². The summed E-state index contributed by atoms with van der Waals surface area (Å²) in [7, 11) is 14.8. The number of benzene rings is 1. The first kappa shape index (κ1) is 13.6. The van der Waals surface area contributed by atoms with Crippen molar-refractivity contribution >= 4 is 41.5 Å². The number of hydrogen-bond acceptors (Lipinski definition) is 0. The van der Waals surface area contributed by atoms with Crippen molar-refractivity contribution in [2.24, 2.45) is 0 Å². The van der Waals surface area contributed by atoms with Crippen molar-refractivity contribution in [1.29, 1.82) is 0 Å². The van der Waals surface area contributed by atoms with Crippen LogP contribution in [0.1, 0.15) is 25.3 Å². The maximum Gasteiger partial charge on any atom is 0.643 e. The van der Waals surface area contributed by atoms with Gasteiger partial charge in [0.2, 0.25) is 0 Å². The molecule has 1 rings (SSSR count). The van der Waals surface area contributed by atoms with Gasteiger partial charge in [-0.3, -0.25) is 0 Å². The van der Waals surface area contributed by atoms with Crippen molar-refractivity contribution in [3.8, 4) is 0 Å². The van der Waals surface area contributed by atoms with Crippen molar-refractivity contribution in [3.05, 3.63) is 35.9 Å². The molecule has 0 aliphatic heterocycles. The Morgan fingerprint density at radius 2 is 1.38 bits per heavy atom. The van der Waals surface area contributed by atoms with E-state index in [0.29, 0.717) is 5.92 Å². The Morgan fingerprint density at radius 1 is 1.00 bits per heavy atom. The molecule has 1 aromatic carbocycles. The van der Waals surface area contributed by atoms with Gasteiger partial charge in [0.05, 0.1) is 0 Å². The smallest absolute Gasteiger partial charge is 0.214 e. The van der Waals surface area contributed by atoms with E-state index in [9.17, 15) is 0 Å². The summed E-state index contributed by atoms with van der Waals surface area (Å²) in [5.41, 5.74) is 1.41. The lowest BCUT2D eigenvalue weighted by Crippen LogP contribution is -1.83. The summed E-state index contributed by atoms with van der Waals surface area (Å²) in [6, 6.07) is 10.5. The van der Waals surface area contributed by atoms with Crippen LogP contribution in [-0.2, 0) is 0 Å². The fourth-order valence-corrected chi connectivity index (χ4v) is 0.838. The normalized spacial score (nSPS) is 9.08. The molecule has 0 aromatic heterocycles. The highest BCUT2D eigenvalue weighted by atomic mass is 35.8. The Morgan fingerprint density at radius 3 is 1.62 bits per heavy atom. The van der Waals surface area contributed by atoms with Crippen LogP contribution in [0.15, 0.2) is 30.3 Å². The quantitative estimate of drug-likeness (QED) is 0.647. The van der Waals surface area contributed by atoms with Crippen LogP contribution in [0.4, 0.5) is 0 Å². The Hall–Kier alpha value is 0.622. The van der Waals surface area contributed by atoms with E-state index >= 15 is 0 Å². The first-order chi connectivity index (χ1) is 6.04. The van der Waals surface area contributed by atoms with Crippen LogP contribution in [-0.4, -0.2) is 11.4 Å². The van der Waals surface area contributed by atoms with Gasteiger partial charge >= 0.3 is 11.4 Å². The molecular formula is C9H12AlCl3. The zero-order valence-electron chi connectivity index (χ0n) is 7.68. The molecule has 0 spiro atoms. The van der Waals surface area contributed by atoms with Gasteiger partial charge in [-0.05, 0) is 11.5 Å². The second kappa shape index (κ2) is 7.97. The molecule has 0 saturated heterocycles. The molecule has 0 unspecified atom stereocenters. The fourth-order valence-electron chi connectivity index (χ4n) is 0.838. The summed E-state index contributed by atoms with van der Waals surface area (Å²) in [5, 5.41) is 0.